The summed E-state index contributed by atoms with van der Waals surface area (Å²) in [5.41, 5.74) is 14.5. The maximum atomic E-state index is 13.5. The van der Waals surface area contributed by atoms with Crippen LogP contribution in [0.4, 0.5) is 5.69 Å². The standard InChI is InChI=1S/C24H33N5O3/c1-3-15(2)11-21(30)28-19-8-7-17-5-4-6-18-12-20(29(22(17)18)24(19)32)23(31)27-14-16(13-26)9-10-25/h4-6,9-10,13,15,19-20H,3,7-8,11-12,14,25-26H2,1-2H3,(H,27,31)(H,28,30)/b10-9-,16-13+. The Bertz CT molecular complexity index is 940. The van der Waals surface area contributed by atoms with Crippen LogP contribution in [0.5, 0.6) is 0 Å². The van der Waals surface area contributed by atoms with Crippen molar-refractivity contribution in [2.45, 2.75) is 58.0 Å². The van der Waals surface area contributed by atoms with Crippen molar-refractivity contribution in [1.82, 2.24) is 10.6 Å². The smallest absolute Gasteiger partial charge is 0.250 e. The van der Waals surface area contributed by atoms with Gasteiger partial charge in [-0.15, -0.1) is 0 Å². The third-order valence-corrected chi connectivity index (χ3v) is 6.27. The van der Waals surface area contributed by atoms with E-state index < -0.39 is 12.1 Å². The second-order valence-corrected chi connectivity index (χ2v) is 8.55. The minimum absolute atomic E-state index is 0.129. The van der Waals surface area contributed by atoms with Crippen molar-refractivity contribution in [2.75, 3.05) is 11.4 Å². The summed E-state index contributed by atoms with van der Waals surface area (Å²) < 4.78 is 0. The van der Waals surface area contributed by atoms with Gasteiger partial charge in [0.2, 0.25) is 17.7 Å². The number of hydrogen-bond donors (Lipinski definition) is 4. The molecule has 32 heavy (non-hydrogen) atoms. The predicted octanol–water partition coefficient (Wildman–Crippen LogP) is 1.24. The van der Waals surface area contributed by atoms with E-state index in [2.05, 4.69) is 10.6 Å². The molecule has 3 rings (SSSR count). The lowest BCUT2D eigenvalue weighted by molar-refractivity contribution is -0.129. The van der Waals surface area contributed by atoms with Crippen molar-refractivity contribution >= 4 is 23.4 Å². The molecule has 2 aliphatic rings. The van der Waals surface area contributed by atoms with Crippen LogP contribution in [0.15, 0.2) is 42.2 Å². The zero-order chi connectivity index (χ0) is 23.3. The van der Waals surface area contributed by atoms with Gasteiger partial charge in [0.05, 0.1) is 5.69 Å². The van der Waals surface area contributed by atoms with E-state index in [1.54, 1.807) is 11.0 Å². The molecule has 0 spiro atoms. The van der Waals surface area contributed by atoms with Crippen LogP contribution in [0, 0.1) is 5.92 Å². The van der Waals surface area contributed by atoms with Gasteiger partial charge in [0.15, 0.2) is 0 Å². The molecule has 0 saturated heterocycles. The Morgan fingerprint density at radius 2 is 2.03 bits per heavy atom. The van der Waals surface area contributed by atoms with Gasteiger partial charge in [-0.25, -0.2) is 0 Å². The highest BCUT2D eigenvalue weighted by Crippen LogP contribution is 2.39. The largest absolute Gasteiger partial charge is 0.405 e. The summed E-state index contributed by atoms with van der Waals surface area (Å²) in [7, 11) is 0. The number of carbonyl (C=O) groups excluding carboxylic acids is 3. The summed E-state index contributed by atoms with van der Waals surface area (Å²) in [6.07, 6.45) is 7.23. The molecule has 0 bridgehead atoms. The van der Waals surface area contributed by atoms with Gasteiger partial charge >= 0.3 is 0 Å². The number of nitrogens with zero attached hydrogens (tertiary/aromatic N) is 1. The summed E-state index contributed by atoms with van der Waals surface area (Å²) in [4.78, 5) is 40.7. The zero-order valence-electron chi connectivity index (χ0n) is 18.8. The van der Waals surface area contributed by atoms with Crippen LogP contribution < -0.4 is 27.0 Å². The molecule has 6 N–H and O–H groups in total. The number of carbonyl (C=O) groups is 3. The van der Waals surface area contributed by atoms with Gasteiger partial charge in [-0.2, -0.15) is 0 Å². The molecule has 0 fully saturated rings. The highest BCUT2D eigenvalue weighted by atomic mass is 16.2. The van der Waals surface area contributed by atoms with Crippen LogP contribution in [0.25, 0.3) is 0 Å². The molecule has 0 radical (unpaired) electrons. The minimum Gasteiger partial charge on any atom is -0.405 e. The van der Waals surface area contributed by atoms with Gasteiger partial charge in [0.25, 0.3) is 0 Å². The average Bonchev–Trinajstić information content (AvgIpc) is 3.12. The summed E-state index contributed by atoms with van der Waals surface area (Å²) in [6, 6.07) is 4.58. The monoisotopic (exact) mass is 439 g/mol. The predicted molar refractivity (Wildman–Crippen MR) is 124 cm³/mol. The second kappa shape index (κ2) is 10.3. The number of rotatable bonds is 8. The summed E-state index contributed by atoms with van der Waals surface area (Å²) in [6.45, 7) is 4.26. The SMILES string of the molecule is CCC(C)CC(=O)NC1CCc2cccc3c2N(C1=O)C(C(=O)NCC(/C=C\N)=C/N)C3. The molecule has 8 nitrogen and oxygen atoms in total. The molecule has 3 atom stereocenters. The van der Waals surface area contributed by atoms with Gasteiger partial charge in [-0.3, -0.25) is 19.3 Å². The van der Waals surface area contributed by atoms with Gasteiger partial charge in [-0.05, 0) is 53.9 Å². The number of hydrogen-bond acceptors (Lipinski definition) is 5. The third-order valence-electron chi connectivity index (χ3n) is 6.27. The van der Waals surface area contributed by atoms with Gasteiger partial charge in [-0.1, -0.05) is 38.5 Å². The number of anilines is 1. The zero-order valence-corrected chi connectivity index (χ0v) is 18.8. The van der Waals surface area contributed by atoms with E-state index in [0.29, 0.717) is 31.3 Å². The Morgan fingerprint density at radius 3 is 2.72 bits per heavy atom. The maximum absolute atomic E-state index is 13.5. The molecule has 1 aromatic carbocycles. The quantitative estimate of drug-likeness (QED) is 0.453. The first-order chi connectivity index (χ1) is 15.4. The van der Waals surface area contributed by atoms with Gasteiger partial charge in [0.1, 0.15) is 12.1 Å². The first kappa shape index (κ1) is 23.4. The van der Waals surface area contributed by atoms with Gasteiger partial charge < -0.3 is 22.1 Å². The van der Waals surface area contributed by atoms with E-state index in [1.165, 1.54) is 12.4 Å². The Hall–Kier alpha value is -3.29. The molecular weight excluding hydrogens is 406 g/mol. The lowest BCUT2D eigenvalue weighted by atomic mass is 10.0. The van der Waals surface area contributed by atoms with Crippen molar-refractivity contribution in [3.05, 3.63) is 53.4 Å². The molecular formula is C24H33N5O3. The molecule has 0 aliphatic carbocycles. The fourth-order valence-corrected chi connectivity index (χ4v) is 4.29. The molecule has 0 saturated carbocycles. The van der Waals surface area contributed by atoms with Crippen LogP contribution in [0.3, 0.4) is 0 Å². The number of benzene rings is 1. The molecule has 0 aromatic heterocycles. The minimum atomic E-state index is -0.674. The summed E-state index contributed by atoms with van der Waals surface area (Å²) >= 11 is 0. The first-order valence-electron chi connectivity index (χ1n) is 11.2. The fraction of sp³-hybridized carbons (Fsp3) is 0.458. The second-order valence-electron chi connectivity index (χ2n) is 8.55. The summed E-state index contributed by atoms with van der Waals surface area (Å²) in [5, 5.41) is 5.78. The van der Waals surface area contributed by atoms with Crippen LogP contribution in [0.2, 0.25) is 0 Å². The Balaban J connectivity index is 1.82. The van der Waals surface area contributed by atoms with E-state index in [1.807, 2.05) is 32.0 Å². The maximum Gasteiger partial charge on any atom is 0.250 e. The molecule has 172 valence electrons. The summed E-state index contributed by atoms with van der Waals surface area (Å²) in [5.74, 6) is -0.382. The van der Waals surface area contributed by atoms with E-state index in [9.17, 15) is 14.4 Å². The number of aryl methyl sites for hydroxylation is 1. The van der Waals surface area contributed by atoms with Crippen LogP contribution >= 0.6 is 0 Å². The van der Waals surface area contributed by atoms with E-state index in [4.69, 9.17) is 11.5 Å². The first-order valence-corrected chi connectivity index (χ1v) is 11.2. The van der Waals surface area contributed by atoms with Gasteiger partial charge in [0, 0.05) is 19.4 Å². The molecule has 1 aromatic rings. The number of para-hydroxylation sites is 1. The lowest BCUT2D eigenvalue weighted by Gasteiger charge is -2.28. The lowest BCUT2D eigenvalue weighted by Crippen LogP contribution is -2.54. The van der Waals surface area contributed by atoms with Crippen molar-refractivity contribution in [3.8, 4) is 0 Å². The third kappa shape index (κ3) is 4.95. The Kier molecular flexibility index (Phi) is 7.56. The van der Waals surface area contributed by atoms with Crippen LogP contribution in [0.1, 0.15) is 44.2 Å². The molecule has 3 amide bonds. The van der Waals surface area contributed by atoms with Crippen molar-refractivity contribution in [3.63, 3.8) is 0 Å². The Labute approximate surface area is 189 Å². The topological polar surface area (TPSA) is 131 Å². The van der Waals surface area contributed by atoms with Crippen molar-refractivity contribution in [1.29, 1.82) is 0 Å². The van der Waals surface area contributed by atoms with Crippen molar-refractivity contribution < 1.29 is 14.4 Å². The average molecular weight is 440 g/mol. The highest BCUT2D eigenvalue weighted by molar-refractivity contribution is 6.07. The van der Waals surface area contributed by atoms with E-state index in [0.717, 1.165) is 23.2 Å². The molecule has 8 heteroatoms. The van der Waals surface area contributed by atoms with Crippen LogP contribution in [-0.2, 0) is 27.2 Å². The molecule has 3 unspecified atom stereocenters. The highest BCUT2D eigenvalue weighted by Gasteiger charge is 2.43. The van der Waals surface area contributed by atoms with Crippen LogP contribution in [-0.4, -0.2) is 36.3 Å². The number of nitrogens with one attached hydrogen (secondary N) is 2. The fourth-order valence-electron chi connectivity index (χ4n) is 4.29. The molecule has 2 aliphatic heterocycles. The molecule has 2 heterocycles. The number of nitrogens with two attached hydrogens (primary N) is 2. The van der Waals surface area contributed by atoms with E-state index in [-0.39, 0.29) is 30.2 Å². The van der Waals surface area contributed by atoms with E-state index >= 15 is 0 Å². The normalized spacial score (nSPS) is 21.2. The van der Waals surface area contributed by atoms with Crippen molar-refractivity contribution in [2.24, 2.45) is 17.4 Å². The number of amides is 3. The Morgan fingerprint density at radius 1 is 1.28 bits per heavy atom.